The number of carbonyl (C=O) groups excluding carboxylic acids is 1. The van der Waals surface area contributed by atoms with Gasteiger partial charge in [-0.1, -0.05) is 0 Å². The van der Waals surface area contributed by atoms with Crippen LogP contribution in [0.4, 0.5) is 11.6 Å². The van der Waals surface area contributed by atoms with E-state index >= 15 is 0 Å². The zero-order chi connectivity index (χ0) is 20.6. The lowest BCUT2D eigenvalue weighted by Gasteiger charge is -2.32. The minimum atomic E-state index is -3.66. The molecule has 2 aliphatic heterocycles. The van der Waals surface area contributed by atoms with Crippen molar-refractivity contribution >= 4 is 27.6 Å². The number of piperidine rings is 1. The molecule has 1 amide bonds. The van der Waals surface area contributed by atoms with E-state index in [1.807, 2.05) is 11.8 Å². The Balaban J connectivity index is 1.51. The lowest BCUT2D eigenvalue weighted by Crippen LogP contribution is -2.48. The van der Waals surface area contributed by atoms with Crippen molar-refractivity contribution in [2.45, 2.75) is 50.1 Å². The number of sulfonamides is 1. The molecule has 1 fully saturated rings. The van der Waals surface area contributed by atoms with Crippen molar-refractivity contribution in [1.82, 2.24) is 14.7 Å². The number of hydrogen-bond acceptors (Lipinski definition) is 6. The topological polar surface area (TPSA) is 95.5 Å². The van der Waals surface area contributed by atoms with Crippen LogP contribution in [0.3, 0.4) is 0 Å². The second-order valence-electron chi connectivity index (χ2n) is 7.69. The minimum absolute atomic E-state index is 0.0320. The summed E-state index contributed by atoms with van der Waals surface area (Å²) in [5, 5.41) is 0. The molecule has 1 aromatic carbocycles. The summed E-state index contributed by atoms with van der Waals surface area (Å²) in [6.07, 6.45) is 5.65. The van der Waals surface area contributed by atoms with E-state index in [1.54, 1.807) is 41.6 Å². The van der Waals surface area contributed by atoms with Gasteiger partial charge in [-0.15, -0.1) is 0 Å². The van der Waals surface area contributed by atoms with Gasteiger partial charge in [-0.2, -0.15) is 0 Å². The van der Waals surface area contributed by atoms with Crippen LogP contribution in [0, 0.1) is 0 Å². The summed E-state index contributed by atoms with van der Waals surface area (Å²) >= 11 is 0. The molecule has 4 rings (SSSR count). The maximum absolute atomic E-state index is 13.0. The number of amides is 1. The van der Waals surface area contributed by atoms with Gasteiger partial charge in [0.15, 0.2) is 0 Å². The van der Waals surface area contributed by atoms with Crippen molar-refractivity contribution in [1.29, 1.82) is 0 Å². The Hall–Kier alpha value is -2.52. The molecule has 0 spiro atoms. The molecule has 1 saturated heterocycles. The van der Waals surface area contributed by atoms with Gasteiger partial charge in [-0.25, -0.2) is 23.1 Å². The maximum Gasteiger partial charge on any atom is 0.240 e. The monoisotopic (exact) mass is 415 g/mol. The molecule has 1 N–H and O–H groups in total. The first-order valence-corrected chi connectivity index (χ1v) is 11.3. The van der Waals surface area contributed by atoms with E-state index in [-0.39, 0.29) is 22.9 Å². The number of benzene rings is 1. The molecule has 29 heavy (non-hydrogen) atoms. The highest BCUT2D eigenvalue weighted by Gasteiger charge is 2.31. The molecule has 0 aliphatic carbocycles. The van der Waals surface area contributed by atoms with E-state index < -0.39 is 10.0 Å². The van der Waals surface area contributed by atoms with Crippen molar-refractivity contribution in [3.8, 4) is 0 Å². The number of carbonyl (C=O) groups is 1. The molecule has 1 aromatic heterocycles. The fourth-order valence-electron chi connectivity index (χ4n) is 4.25. The molecular formula is C20H25N5O3S. The second kappa shape index (κ2) is 7.72. The van der Waals surface area contributed by atoms with Gasteiger partial charge < -0.3 is 9.80 Å². The predicted molar refractivity (Wildman–Crippen MR) is 110 cm³/mol. The Kier molecular flexibility index (Phi) is 5.26. The normalized spacial score (nSPS) is 21.9. The first-order valence-electron chi connectivity index (χ1n) is 9.82. The van der Waals surface area contributed by atoms with Gasteiger partial charge in [0.25, 0.3) is 0 Å². The van der Waals surface area contributed by atoms with Crippen LogP contribution in [0.5, 0.6) is 0 Å². The van der Waals surface area contributed by atoms with E-state index in [0.717, 1.165) is 30.6 Å². The highest BCUT2D eigenvalue weighted by atomic mass is 32.2. The highest BCUT2D eigenvalue weighted by Crippen LogP contribution is 2.34. The number of nitrogens with one attached hydrogen (secondary N) is 1. The Morgan fingerprint density at radius 2 is 2.00 bits per heavy atom. The van der Waals surface area contributed by atoms with Gasteiger partial charge >= 0.3 is 0 Å². The molecule has 8 nitrogen and oxygen atoms in total. The predicted octanol–water partition coefficient (Wildman–Crippen LogP) is 1.72. The highest BCUT2D eigenvalue weighted by molar-refractivity contribution is 7.89. The van der Waals surface area contributed by atoms with Crippen molar-refractivity contribution < 1.29 is 13.2 Å². The summed E-state index contributed by atoms with van der Waals surface area (Å²) in [6, 6.07) is 6.59. The quantitative estimate of drug-likeness (QED) is 0.817. The van der Waals surface area contributed by atoms with Crippen molar-refractivity contribution in [3.05, 3.63) is 42.2 Å². The molecule has 0 radical (unpaired) electrons. The second-order valence-corrected chi connectivity index (χ2v) is 9.40. The van der Waals surface area contributed by atoms with Crippen LogP contribution in [0.1, 0.15) is 32.3 Å². The van der Waals surface area contributed by atoms with Crippen LogP contribution in [0.25, 0.3) is 0 Å². The Morgan fingerprint density at radius 3 is 2.72 bits per heavy atom. The summed E-state index contributed by atoms with van der Waals surface area (Å²) < 4.78 is 28.8. The van der Waals surface area contributed by atoms with E-state index in [4.69, 9.17) is 0 Å². The van der Waals surface area contributed by atoms with Crippen LogP contribution in [0.2, 0.25) is 0 Å². The van der Waals surface area contributed by atoms with Gasteiger partial charge in [0, 0.05) is 50.2 Å². The van der Waals surface area contributed by atoms with Crippen LogP contribution in [0.15, 0.2) is 41.6 Å². The van der Waals surface area contributed by atoms with Gasteiger partial charge in [0.05, 0.1) is 4.90 Å². The molecule has 0 saturated carbocycles. The van der Waals surface area contributed by atoms with Gasteiger partial charge in [-0.05, 0) is 56.0 Å². The zero-order valence-electron chi connectivity index (χ0n) is 16.6. The number of anilines is 2. The smallest absolute Gasteiger partial charge is 0.240 e. The fourth-order valence-corrected chi connectivity index (χ4v) is 5.56. The third-order valence-corrected chi connectivity index (χ3v) is 7.01. The summed E-state index contributed by atoms with van der Waals surface area (Å²) in [5.74, 6) is 0.586. The van der Waals surface area contributed by atoms with Crippen molar-refractivity contribution in [2.75, 3.05) is 22.9 Å². The van der Waals surface area contributed by atoms with Crippen LogP contribution >= 0.6 is 0 Å². The molecule has 154 valence electrons. The molecule has 2 unspecified atom stereocenters. The molecule has 3 heterocycles. The number of rotatable bonds is 4. The van der Waals surface area contributed by atoms with Crippen LogP contribution in [-0.2, 0) is 21.2 Å². The maximum atomic E-state index is 13.0. The summed E-state index contributed by atoms with van der Waals surface area (Å²) in [7, 11) is -3.66. The Bertz CT molecular complexity index is 1010. The number of aromatic nitrogens is 2. The third-order valence-electron chi connectivity index (χ3n) is 5.49. The number of nitrogens with zero attached hydrogens (tertiary/aromatic N) is 4. The van der Waals surface area contributed by atoms with E-state index in [0.29, 0.717) is 18.9 Å². The first kappa shape index (κ1) is 19.8. The molecule has 2 aliphatic rings. The minimum Gasteiger partial charge on any atom is -0.339 e. The van der Waals surface area contributed by atoms with E-state index in [1.165, 1.54) is 6.92 Å². The van der Waals surface area contributed by atoms with Crippen LogP contribution < -0.4 is 14.5 Å². The molecule has 9 heteroatoms. The largest absolute Gasteiger partial charge is 0.339 e. The molecule has 2 atom stereocenters. The van der Waals surface area contributed by atoms with Crippen molar-refractivity contribution in [3.63, 3.8) is 0 Å². The first-order chi connectivity index (χ1) is 13.8. The van der Waals surface area contributed by atoms with Gasteiger partial charge in [0.2, 0.25) is 21.9 Å². The fraction of sp³-hybridized carbons (Fsp3) is 0.450. The lowest BCUT2D eigenvalue weighted by molar-refractivity contribution is -0.116. The number of hydrogen-bond donors (Lipinski definition) is 1. The third kappa shape index (κ3) is 3.97. The standard InChI is InChI=1S/C20H25N5O3S/c1-14-11-16-12-18(6-7-19(16)25(14)15(2)26)29(27,28)23-17-5-3-10-24(13-17)20-21-8-4-9-22-20/h4,6-9,12,14,17,23H,3,5,10-11,13H2,1-2H3. The Labute approximate surface area is 171 Å². The average molecular weight is 416 g/mol. The molecule has 2 aromatic rings. The van der Waals surface area contributed by atoms with Gasteiger partial charge in [-0.3, -0.25) is 4.79 Å². The summed E-state index contributed by atoms with van der Waals surface area (Å²) in [4.78, 5) is 24.4. The lowest BCUT2D eigenvalue weighted by atomic mass is 10.1. The summed E-state index contributed by atoms with van der Waals surface area (Å²) in [5.41, 5.74) is 1.69. The Morgan fingerprint density at radius 1 is 1.24 bits per heavy atom. The SMILES string of the molecule is CC(=O)N1c2ccc(S(=O)(=O)NC3CCCN(c4ncccn4)C3)cc2CC1C. The average Bonchev–Trinajstić information content (AvgIpc) is 3.03. The van der Waals surface area contributed by atoms with Gasteiger partial charge in [0.1, 0.15) is 0 Å². The van der Waals surface area contributed by atoms with E-state index in [2.05, 4.69) is 14.7 Å². The molecular weight excluding hydrogens is 390 g/mol. The van der Waals surface area contributed by atoms with Crippen molar-refractivity contribution in [2.24, 2.45) is 0 Å². The van der Waals surface area contributed by atoms with Crippen LogP contribution in [-0.4, -0.2) is 49.5 Å². The number of fused-ring (bicyclic) bond motifs is 1. The zero-order valence-corrected chi connectivity index (χ0v) is 17.4. The molecule has 0 bridgehead atoms. The van der Waals surface area contributed by atoms with E-state index in [9.17, 15) is 13.2 Å². The summed E-state index contributed by atoms with van der Waals surface area (Å²) in [6.45, 7) is 4.84.